The molecule has 9 heteroatoms. The number of aliphatic hydroxyl groups excluding tert-OH is 4. The van der Waals surface area contributed by atoms with Crippen LogP contribution in [0.4, 0.5) is 0 Å². The number of hydrogen-bond donors (Lipinski definition) is 6. The quantitative estimate of drug-likeness (QED) is 0.152. The molecular formula is C11H24MgO8. The molecule has 0 aliphatic heterocycles. The van der Waals surface area contributed by atoms with E-state index in [2.05, 4.69) is 0 Å². The van der Waals surface area contributed by atoms with Crippen molar-refractivity contribution in [2.24, 2.45) is 0 Å². The molecule has 4 unspecified atom stereocenters. The van der Waals surface area contributed by atoms with Crippen LogP contribution >= 0.6 is 0 Å². The van der Waals surface area contributed by atoms with Crippen LogP contribution in [0.5, 0.6) is 0 Å². The van der Waals surface area contributed by atoms with Crippen molar-refractivity contribution in [2.45, 2.75) is 50.3 Å². The number of carboxylic acid groups (broad SMARTS) is 1. The van der Waals surface area contributed by atoms with Crippen LogP contribution in [-0.2, 0) is 9.53 Å². The molecule has 0 saturated heterocycles. The molecule has 0 aliphatic carbocycles. The third-order valence-electron chi connectivity index (χ3n) is 2.68. The van der Waals surface area contributed by atoms with Gasteiger partial charge in [0.2, 0.25) is 0 Å². The molecule has 6 N–H and O–H groups in total. The average Bonchev–Trinajstić information content (AvgIpc) is 2.40. The fourth-order valence-electron chi connectivity index (χ4n) is 1.40. The van der Waals surface area contributed by atoms with E-state index in [1.54, 1.807) is 0 Å². The summed E-state index contributed by atoms with van der Waals surface area (Å²) < 4.78 is 4.72. The van der Waals surface area contributed by atoms with Crippen LogP contribution in [0.3, 0.4) is 0 Å². The van der Waals surface area contributed by atoms with Gasteiger partial charge < -0.3 is 38.2 Å². The van der Waals surface area contributed by atoms with E-state index in [9.17, 15) is 20.1 Å². The number of ether oxygens (including phenoxy) is 1. The van der Waals surface area contributed by atoms with Gasteiger partial charge in [0.25, 0.3) is 5.79 Å². The summed E-state index contributed by atoms with van der Waals surface area (Å²) in [7, 11) is 0. The van der Waals surface area contributed by atoms with Crippen molar-refractivity contribution in [1.29, 1.82) is 0 Å². The third kappa shape index (κ3) is 6.18. The first-order valence-electron chi connectivity index (χ1n) is 6.06. The third-order valence-corrected chi connectivity index (χ3v) is 2.68. The number of aliphatic carboxylic acids is 1. The summed E-state index contributed by atoms with van der Waals surface area (Å²) in [5, 5.41) is 55.4. The second-order valence-electron chi connectivity index (χ2n) is 4.24. The summed E-state index contributed by atoms with van der Waals surface area (Å²) in [5.74, 6) is -4.93. The Bertz CT molecular complexity index is 287. The Morgan fingerprint density at radius 3 is 2.25 bits per heavy atom. The van der Waals surface area contributed by atoms with Crippen molar-refractivity contribution < 1.29 is 43.0 Å². The van der Waals surface area contributed by atoms with Gasteiger partial charge in [0.15, 0.2) is 0 Å². The number of carboxylic acids is 1. The van der Waals surface area contributed by atoms with E-state index in [1.807, 2.05) is 6.92 Å². The topological polar surface area (TPSA) is 148 Å². The number of rotatable bonds is 10. The van der Waals surface area contributed by atoms with E-state index in [0.717, 1.165) is 12.8 Å². The van der Waals surface area contributed by atoms with Gasteiger partial charge in [0, 0.05) is 0 Å². The Hall–Kier alpha value is -0.00377. The maximum absolute atomic E-state index is 11.0. The minimum absolute atomic E-state index is 0. The monoisotopic (exact) mass is 308 g/mol. The van der Waals surface area contributed by atoms with Crippen LogP contribution in [0.2, 0.25) is 0 Å². The van der Waals surface area contributed by atoms with Crippen molar-refractivity contribution in [3.8, 4) is 0 Å². The Morgan fingerprint density at radius 2 is 1.85 bits per heavy atom. The molecule has 0 rings (SSSR count). The zero-order valence-corrected chi connectivity index (χ0v) is 12.9. The first-order chi connectivity index (χ1) is 8.81. The second kappa shape index (κ2) is 10.7. The van der Waals surface area contributed by atoms with Crippen LogP contribution < -0.4 is 0 Å². The van der Waals surface area contributed by atoms with E-state index in [4.69, 9.17) is 20.1 Å². The van der Waals surface area contributed by atoms with Crippen LogP contribution in [0.1, 0.15) is 29.0 Å². The fourth-order valence-corrected chi connectivity index (χ4v) is 1.40. The largest absolute Gasteiger partial charge is 2.00 e. The van der Waals surface area contributed by atoms with Crippen molar-refractivity contribution in [3.63, 3.8) is 0 Å². The zero-order valence-electron chi connectivity index (χ0n) is 13.5. The van der Waals surface area contributed by atoms with Crippen LogP contribution in [0.25, 0.3) is 0 Å². The molecule has 0 heterocycles. The zero-order chi connectivity index (χ0) is 15.1. The maximum Gasteiger partial charge on any atom is 2.00 e. The molecule has 0 spiro atoms. The standard InChI is InChI=1S/C11H22O8.Mg.2H/c1-2-3-4-5-19-11(18,10(16)17)9(15)8(14)7(13)6-12;;;/h7-9,12-15,18H,2-6H2,1H3,(H,16,17);;;/q;+2;2*-1. The number of aliphatic hydroxyl groups is 5. The predicted molar refractivity (Wildman–Crippen MR) is 71.1 cm³/mol. The molecule has 20 heavy (non-hydrogen) atoms. The molecule has 0 aromatic carbocycles. The molecule has 0 radical (unpaired) electrons. The summed E-state index contributed by atoms with van der Waals surface area (Å²) >= 11 is 0. The molecule has 118 valence electrons. The molecule has 0 aliphatic rings. The van der Waals surface area contributed by atoms with Crippen LogP contribution in [0.15, 0.2) is 0 Å². The summed E-state index contributed by atoms with van der Waals surface area (Å²) in [6.07, 6.45) is -4.08. The van der Waals surface area contributed by atoms with Crippen molar-refractivity contribution in [2.75, 3.05) is 13.2 Å². The number of unbranched alkanes of at least 4 members (excludes halogenated alkanes) is 2. The Morgan fingerprint density at radius 1 is 1.30 bits per heavy atom. The van der Waals surface area contributed by atoms with Gasteiger partial charge in [0.1, 0.15) is 18.3 Å². The predicted octanol–water partition coefficient (Wildman–Crippen LogP) is -2.11. The van der Waals surface area contributed by atoms with Gasteiger partial charge in [0.05, 0.1) is 13.2 Å². The van der Waals surface area contributed by atoms with Crippen molar-refractivity contribution in [3.05, 3.63) is 0 Å². The van der Waals surface area contributed by atoms with Gasteiger partial charge >= 0.3 is 29.0 Å². The van der Waals surface area contributed by atoms with Gasteiger partial charge in [-0.2, -0.15) is 0 Å². The molecule has 0 bridgehead atoms. The van der Waals surface area contributed by atoms with Gasteiger partial charge in [-0.15, -0.1) is 0 Å². The van der Waals surface area contributed by atoms with E-state index in [0.29, 0.717) is 6.42 Å². The molecule has 0 amide bonds. The number of carbonyl (C=O) groups is 1. The van der Waals surface area contributed by atoms with Crippen LogP contribution in [-0.4, -0.2) is 97.0 Å². The molecule has 0 aromatic heterocycles. The van der Waals surface area contributed by atoms with Gasteiger partial charge in [-0.25, -0.2) is 4.79 Å². The molecule has 4 atom stereocenters. The Kier molecular flexibility index (Phi) is 11.9. The molecule has 0 saturated carbocycles. The second-order valence-corrected chi connectivity index (χ2v) is 4.24. The van der Waals surface area contributed by atoms with Crippen LogP contribution in [0, 0.1) is 0 Å². The fraction of sp³-hybridized carbons (Fsp3) is 0.909. The molecular weight excluding hydrogens is 284 g/mol. The maximum atomic E-state index is 11.0. The SMILES string of the molecule is CCCCCOC(O)(C(=O)O)C(O)C(O)C(O)CO.[H-].[H-].[Mg+2]. The minimum Gasteiger partial charge on any atom is -1.00 e. The van der Waals surface area contributed by atoms with E-state index >= 15 is 0 Å². The van der Waals surface area contributed by atoms with Gasteiger partial charge in [-0.1, -0.05) is 19.8 Å². The molecule has 8 nitrogen and oxygen atoms in total. The minimum atomic E-state index is -3.04. The molecule has 0 fully saturated rings. The Balaban J connectivity index is -0.000000540. The summed E-state index contributed by atoms with van der Waals surface area (Å²) in [6, 6.07) is 0. The summed E-state index contributed by atoms with van der Waals surface area (Å²) in [5.41, 5.74) is 0. The normalized spacial score (nSPS) is 18.5. The smallest absolute Gasteiger partial charge is 1.00 e. The van der Waals surface area contributed by atoms with E-state index in [1.165, 1.54) is 0 Å². The average molecular weight is 309 g/mol. The van der Waals surface area contributed by atoms with Crippen molar-refractivity contribution >= 4 is 29.0 Å². The Labute approximate surface area is 136 Å². The van der Waals surface area contributed by atoms with Gasteiger partial charge in [-0.05, 0) is 6.42 Å². The molecule has 0 aromatic rings. The number of hydrogen-bond acceptors (Lipinski definition) is 7. The van der Waals surface area contributed by atoms with E-state index in [-0.39, 0.29) is 32.5 Å². The van der Waals surface area contributed by atoms with Crippen molar-refractivity contribution in [1.82, 2.24) is 0 Å². The summed E-state index contributed by atoms with van der Waals surface area (Å²) in [6.45, 7) is 0.888. The first-order valence-corrected chi connectivity index (χ1v) is 6.06. The first kappa shape index (κ1) is 22.3. The summed E-state index contributed by atoms with van der Waals surface area (Å²) in [4.78, 5) is 11.0. The van der Waals surface area contributed by atoms with E-state index < -0.39 is 36.7 Å². The van der Waals surface area contributed by atoms with Gasteiger partial charge in [-0.3, -0.25) is 0 Å².